The molecule has 3 N–H and O–H groups in total. The number of H-pyrrole nitrogens is 1. The van der Waals surface area contributed by atoms with Crippen molar-refractivity contribution >= 4 is 16.7 Å². The number of nitrogens with zero attached hydrogens (tertiary/aromatic N) is 2. The quantitative estimate of drug-likeness (QED) is 0.624. The summed E-state index contributed by atoms with van der Waals surface area (Å²) in [5.74, 6) is 0.818. The van der Waals surface area contributed by atoms with Crippen LogP contribution in [0.3, 0.4) is 0 Å². The molecule has 3 rings (SSSR count). The second-order valence-corrected chi connectivity index (χ2v) is 4.05. The van der Waals surface area contributed by atoms with Gasteiger partial charge in [0.25, 0.3) is 0 Å². The van der Waals surface area contributed by atoms with E-state index < -0.39 is 0 Å². The van der Waals surface area contributed by atoms with Crippen LogP contribution < -0.4 is 5.73 Å². The molecule has 17 heavy (non-hydrogen) atoms. The zero-order valence-electron chi connectivity index (χ0n) is 9.44. The Labute approximate surface area is 98.5 Å². The van der Waals surface area contributed by atoms with Crippen molar-refractivity contribution in [3.8, 4) is 11.4 Å². The molecule has 84 valence electrons. The molecule has 0 spiro atoms. The minimum atomic E-state index is 0.731. The van der Waals surface area contributed by atoms with E-state index in [0.29, 0.717) is 0 Å². The molecule has 0 aliphatic carbocycles. The van der Waals surface area contributed by atoms with Gasteiger partial charge in [-0.05, 0) is 37.3 Å². The normalized spacial score (nSPS) is 10.9. The van der Waals surface area contributed by atoms with Gasteiger partial charge in [0.2, 0.25) is 0 Å². The van der Waals surface area contributed by atoms with Crippen molar-refractivity contribution < 1.29 is 0 Å². The number of nitrogens with one attached hydrogen (secondary N) is 1. The fourth-order valence-corrected chi connectivity index (χ4v) is 1.77. The van der Waals surface area contributed by atoms with Crippen molar-refractivity contribution in [3.05, 3.63) is 42.2 Å². The molecule has 0 fully saturated rings. The number of aromatic amines is 1. The van der Waals surface area contributed by atoms with Gasteiger partial charge in [0.1, 0.15) is 5.82 Å². The lowest BCUT2D eigenvalue weighted by molar-refractivity contribution is 1.19. The minimum absolute atomic E-state index is 0.731. The van der Waals surface area contributed by atoms with E-state index in [2.05, 4.69) is 15.0 Å². The number of nitrogens with two attached hydrogens (primary N) is 1. The average molecular weight is 224 g/mol. The molecule has 0 aliphatic rings. The van der Waals surface area contributed by atoms with Crippen molar-refractivity contribution in [1.29, 1.82) is 0 Å². The molecule has 0 unspecified atom stereocenters. The van der Waals surface area contributed by atoms with Gasteiger partial charge < -0.3 is 10.7 Å². The van der Waals surface area contributed by atoms with Gasteiger partial charge in [-0.2, -0.15) is 0 Å². The lowest BCUT2D eigenvalue weighted by Crippen LogP contribution is -1.84. The minimum Gasteiger partial charge on any atom is -0.399 e. The molecule has 3 aromatic rings. The molecule has 2 aromatic heterocycles. The number of imidazole rings is 1. The maximum atomic E-state index is 5.73. The summed E-state index contributed by atoms with van der Waals surface area (Å²) < 4.78 is 0. The largest absolute Gasteiger partial charge is 0.399 e. The topological polar surface area (TPSA) is 67.6 Å². The zero-order valence-corrected chi connectivity index (χ0v) is 9.44. The van der Waals surface area contributed by atoms with E-state index in [1.165, 1.54) is 0 Å². The number of anilines is 1. The predicted molar refractivity (Wildman–Crippen MR) is 68.5 cm³/mol. The van der Waals surface area contributed by atoms with Crippen LogP contribution in [0.1, 0.15) is 5.69 Å². The van der Waals surface area contributed by atoms with Crippen LogP contribution in [0.25, 0.3) is 22.4 Å². The number of benzene rings is 1. The summed E-state index contributed by atoms with van der Waals surface area (Å²) in [5.41, 5.74) is 10.3. The Kier molecular flexibility index (Phi) is 2.08. The van der Waals surface area contributed by atoms with Gasteiger partial charge in [0.15, 0.2) is 0 Å². The number of hydrogen-bond acceptors (Lipinski definition) is 3. The van der Waals surface area contributed by atoms with Crippen LogP contribution in [0.5, 0.6) is 0 Å². The summed E-state index contributed by atoms with van der Waals surface area (Å²) in [4.78, 5) is 12.0. The Balaban J connectivity index is 2.14. The molecule has 0 saturated carbocycles. The smallest absolute Gasteiger partial charge is 0.140 e. The fourth-order valence-electron chi connectivity index (χ4n) is 1.77. The van der Waals surface area contributed by atoms with Gasteiger partial charge in [-0.15, -0.1) is 0 Å². The first-order valence-corrected chi connectivity index (χ1v) is 5.41. The number of aryl methyl sites for hydroxylation is 1. The monoisotopic (exact) mass is 224 g/mol. The molecule has 0 radical (unpaired) electrons. The number of nitrogen functional groups attached to an aromatic ring is 1. The van der Waals surface area contributed by atoms with Crippen LogP contribution in [-0.4, -0.2) is 15.0 Å². The Morgan fingerprint density at radius 2 is 2.06 bits per heavy atom. The van der Waals surface area contributed by atoms with Crippen LogP contribution in [0.4, 0.5) is 5.69 Å². The summed E-state index contributed by atoms with van der Waals surface area (Å²) in [6.45, 7) is 1.96. The highest BCUT2D eigenvalue weighted by Crippen LogP contribution is 2.21. The molecule has 2 heterocycles. The Hall–Kier alpha value is -2.36. The third kappa shape index (κ3) is 1.73. The highest BCUT2D eigenvalue weighted by Gasteiger charge is 2.05. The van der Waals surface area contributed by atoms with Crippen LogP contribution >= 0.6 is 0 Å². The molecule has 0 bridgehead atoms. The standard InChI is InChI=1S/C13H12N4/c1-8-2-3-9(7-15-8)13-16-11-5-4-10(14)6-12(11)17-13/h2-7H,14H2,1H3,(H,16,17). The highest BCUT2D eigenvalue weighted by atomic mass is 14.9. The highest BCUT2D eigenvalue weighted by molar-refractivity contribution is 5.82. The summed E-state index contributed by atoms with van der Waals surface area (Å²) in [5, 5.41) is 0. The first-order chi connectivity index (χ1) is 8.22. The summed E-state index contributed by atoms with van der Waals surface area (Å²) in [6, 6.07) is 9.61. The molecule has 0 aliphatic heterocycles. The van der Waals surface area contributed by atoms with Gasteiger partial charge in [-0.25, -0.2) is 4.98 Å². The summed E-state index contributed by atoms with van der Waals surface area (Å²) >= 11 is 0. The van der Waals surface area contributed by atoms with Crippen molar-refractivity contribution in [2.24, 2.45) is 0 Å². The van der Waals surface area contributed by atoms with Gasteiger partial charge in [-0.1, -0.05) is 0 Å². The lowest BCUT2D eigenvalue weighted by Gasteiger charge is -1.95. The molecule has 0 amide bonds. The first-order valence-electron chi connectivity index (χ1n) is 5.41. The maximum Gasteiger partial charge on any atom is 0.140 e. The van der Waals surface area contributed by atoms with Crippen molar-refractivity contribution in [3.63, 3.8) is 0 Å². The van der Waals surface area contributed by atoms with Gasteiger partial charge >= 0.3 is 0 Å². The van der Waals surface area contributed by atoms with E-state index >= 15 is 0 Å². The van der Waals surface area contributed by atoms with Crippen LogP contribution in [0, 0.1) is 6.92 Å². The Morgan fingerprint density at radius 1 is 1.18 bits per heavy atom. The van der Waals surface area contributed by atoms with Crippen molar-refractivity contribution in [2.45, 2.75) is 6.92 Å². The number of aromatic nitrogens is 3. The number of hydrogen-bond donors (Lipinski definition) is 2. The summed E-state index contributed by atoms with van der Waals surface area (Å²) in [7, 11) is 0. The van der Waals surface area contributed by atoms with E-state index in [1.54, 1.807) is 0 Å². The molecular weight excluding hydrogens is 212 g/mol. The molecule has 4 heteroatoms. The number of fused-ring (bicyclic) bond motifs is 1. The summed E-state index contributed by atoms with van der Waals surface area (Å²) in [6.07, 6.45) is 1.82. The molecule has 1 aromatic carbocycles. The number of rotatable bonds is 1. The van der Waals surface area contributed by atoms with E-state index in [-0.39, 0.29) is 0 Å². The average Bonchev–Trinajstić information content (AvgIpc) is 2.72. The molecular formula is C13H12N4. The van der Waals surface area contributed by atoms with Crippen LogP contribution in [0.15, 0.2) is 36.5 Å². The third-order valence-electron chi connectivity index (χ3n) is 2.69. The zero-order chi connectivity index (χ0) is 11.8. The van der Waals surface area contributed by atoms with Gasteiger partial charge in [-0.3, -0.25) is 4.98 Å². The van der Waals surface area contributed by atoms with Crippen molar-refractivity contribution in [2.75, 3.05) is 5.73 Å². The Bertz CT molecular complexity index is 667. The molecule has 0 saturated heterocycles. The second-order valence-electron chi connectivity index (χ2n) is 4.05. The van der Waals surface area contributed by atoms with E-state index in [9.17, 15) is 0 Å². The lowest BCUT2D eigenvalue weighted by atomic mass is 10.2. The first kappa shape index (κ1) is 9.84. The van der Waals surface area contributed by atoms with Crippen molar-refractivity contribution in [1.82, 2.24) is 15.0 Å². The van der Waals surface area contributed by atoms with Gasteiger partial charge in [0.05, 0.1) is 11.0 Å². The SMILES string of the molecule is Cc1ccc(-c2nc3ccc(N)cc3[nH]2)cn1. The maximum absolute atomic E-state index is 5.73. The molecule has 0 atom stereocenters. The van der Waals surface area contributed by atoms with Crippen LogP contribution in [-0.2, 0) is 0 Å². The van der Waals surface area contributed by atoms with Gasteiger partial charge in [0, 0.05) is 23.1 Å². The Morgan fingerprint density at radius 3 is 2.82 bits per heavy atom. The second kappa shape index (κ2) is 3.59. The molecule has 4 nitrogen and oxygen atoms in total. The van der Waals surface area contributed by atoms with E-state index in [4.69, 9.17) is 5.73 Å². The fraction of sp³-hybridized carbons (Fsp3) is 0.0769. The van der Waals surface area contributed by atoms with E-state index in [0.717, 1.165) is 33.8 Å². The predicted octanol–water partition coefficient (Wildman–Crippen LogP) is 2.52. The van der Waals surface area contributed by atoms with Crippen LogP contribution in [0.2, 0.25) is 0 Å². The van der Waals surface area contributed by atoms with E-state index in [1.807, 2.05) is 43.5 Å². The number of pyridine rings is 1. The third-order valence-corrected chi connectivity index (χ3v) is 2.69.